The smallest absolute Gasteiger partial charge is 0.426 e. The van der Waals surface area contributed by atoms with Crippen LogP contribution >= 0.6 is 23.2 Å². The summed E-state index contributed by atoms with van der Waals surface area (Å²) in [7, 11) is -1.85. The zero-order valence-corrected chi connectivity index (χ0v) is 22.7. The summed E-state index contributed by atoms with van der Waals surface area (Å²) < 4.78 is 0. The van der Waals surface area contributed by atoms with Gasteiger partial charge in [-0.2, -0.15) is 0 Å². The van der Waals surface area contributed by atoms with Gasteiger partial charge in [-0.15, -0.1) is 0 Å². The summed E-state index contributed by atoms with van der Waals surface area (Å²) >= 11 is 12.2. The number of nitrogens with one attached hydrogen (secondary N) is 3. The maximum absolute atomic E-state index is 13.4. The highest BCUT2D eigenvalue weighted by atomic mass is 35.5. The van der Waals surface area contributed by atoms with Crippen molar-refractivity contribution in [3.63, 3.8) is 0 Å². The third-order valence-electron chi connectivity index (χ3n) is 5.79. The number of hydrogen-bond donors (Lipinski definition) is 5. The van der Waals surface area contributed by atoms with E-state index in [-0.39, 0.29) is 34.4 Å². The van der Waals surface area contributed by atoms with Gasteiger partial charge in [0.15, 0.2) is 0 Å². The minimum absolute atomic E-state index is 0.0200. The van der Waals surface area contributed by atoms with Crippen LogP contribution in [-0.4, -0.2) is 46.9 Å². The predicted molar refractivity (Wildman–Crippen MR) is 154 cm³/mol. The lowest BCUT2D eigenvalue weighted by Crippen LogP contribution is -2.55. The van der Waals surface area contributed by atoms with Gasteiger partial charge in [-0.3, -0.25) is 14.4 Å². The minimum Gasteiger partial charge on any atom is -0.426 e. The van der Waals surface area contributed by atoms with Gasteiger partial charge in [0.05, 0.1) is 16.5 Å². The van der Waals surface area contributed by atoms with E-state index in [1.54, 1.807) is 55.5 Å². The van der Waals surface area contributed by atoms with E-state index in [4.69, 9.17) is 23.2 Å². The molecule has 11 heteroatoms. The molecule has 0 heterocycles. The van der Waals surface area contributed by atoms with E-state index in [9.17, 15) is 24.4 Å². The van der Waals surface area contributed by atoms with Gasteiger partial charge in [-0.1, -0.05) is 72.2 Å². The van der Waals surface area contributed by atoms with Gasteiger partial charge in [-0.25, -0.2) is 0 Å². The van der Waals surface area contributed by atoms with Crippen LogP contribution in [0.25, 0.3) is 0 Å². The largest absolute Gasteiger partial charge is 0.475 e. The molecule has 2 atom stereocenters. The second kappa shape index (κ2) is 14.0. The molecule has 0 saturated carbocycles. The number of carbonyl (C=O) groups is 3. The van der Waals surface area contributed by atoms with Crippen LogP contribution in [-0.2, 0) is 22.4 Å². The molecular formula is C28H28BCl2N3O5. The summed E-state index contributed by atoms with van der Waals surface area (Å²) in [6.45, 7) is 5.20. The van der Waals surface area contributed by atoms with Crippen molar-refractivity contribution < 1.29 is 24.4 Å². The third kappa shape index (κ3) is 8.97. The van der Waals surface area contributed by atoms with Crippen molar-refractivity contribution in [1.82, 2.24) is 10.6 Å². The summed E-state index contributed by atoms with van der Waals surface area (Å²) in [4.78, 5) is 38.6. The molecule has 3 aromatic carbocycles. The van der Waals surface area contributed by atoms with Gasteiger partial charge < -0.3 is 26.0 Å². The molecule has 3 rings (SSSR count). The SMILES string of the molecule is C=C(C)C(=O)Nc1cccc(CC(NC(=O)c2cc(Cl)ccc2Cl)C(=O)N[C@@H](Cc2ccccc2)B(O)O)c1. The zero-order chi connectivity index (χ0) is 28.5. The summed E-state index contributed by atoms with van der Waals surface area (Å²) in [5.74, 6) is -2.69. The molecule has 5 N–H and O–H groups in total. The van der Waals surface area contributed by atoms with E-state index >= 15 is 0 Å². The monoisotopic (exact) mass is 567 g/mol. The van der Waals surface area contributed by atoms with E-state index in [1.807, 2.05) is 6.07 Å². The van der Waals surface area contributed by atoms with Crippen molar-refractivity contribution in [2.45, 2.75) is 31.7 Å². The number of anilines is 1. The van der Waals surface area contributed by atoms with Gasteiger partial charge >= 0.3 is 7.12 Å². The van der Waals surface area contributed by atoms with Gasteiger partial charge in [-0.05, 0) is 54.8 Å². The van der Waals surface area contributed by atoms with Gasteiger partial charge in [0.25, 0.3) is 11.8 Å². The third-order valence-corrected chi connectivity index (χ3v) is 6.36. The second-order valence-corrected chi connectivity index (χ2v) is 9.85. The lowest BCUT2D eigenvalue weighted by atomic mass is 9.75. The normalized spacial score (nSPS) is 12.1. The first kappa shape index (κ1) is 29.9. The fourth-order valence-corrected chi connectivity index (χ4v) is 4.12. The van der Waals surface area contributed by atoms with Crippen LogP contribution in [0.2, 0.25) is 10.0 Å². The Bertz CT molecular complexity index is 1350. The van der Waals surface area contributed by atoms with Gasteiger partial charge in [0, 0.05) is 22.7 Å². The molecule has 0 aliphatic carbocycles. The van der Waals surface area contributed by atoms with Crippen molar-refractivity contribution in [2.24, 2.45) is 0 Å². The highest BCUT2D eigenvalue weighted by molar-refractivity contribution is 6.43. The summed E-state index contributed by atoms with van der Waals surface area (Å²) in [6.07, 6.45) is 0.166. The summed E-state index contributed by atoms with van der Waals surface area (Å²) in [5, 5.41) is 28.4. The van der Waals surface area contributed by atoms with Crippen molar-refractivity contribution in [1.29, 1.82) is 0 Å². The summed E-state index contributed by atoms with van der Waals surface area (Å²) in [6, 6.07) is 19.1. The predicted octanol–water partition coefficient (Wildman–Crippen LogP) is 3.59. The van der Waals surface area contributed by atoms with E-state index in [2.05, 4.69) is 22.5 Å². The number of hydrogen-bond acceptors (Lipinski definition) is 5. The van der Waals surface area contributed by atoms with Crippen molar-refractivity contribution in [3.05, 3.63) is 112 Å². The molecule has 0 saturated heterocycles. The van der Waals surface area contributed by atoms with E-state index in [1.165, 1.54) is 18.2 Å². The fourth-order valence-electron chi connectivity index (χ4n) is 3.75. The Morgan fingerprint density at radius 1 is 0.897 bits per heavy atom. The first-order valence-electron chi connectivity index (χ1n) is 12.1. The van der Waals surface area contributed by atoms with Gasteiger partial charge in [0.1, 0.15) is 6.04 Å². The van der Waals surface area contributed by atoms with Crippen LogP contribution < -0.4 is 16.0 Å². The van der Waals surface area contributed by atoms with E-state index < -0.39 is 30.9 Å². The van der Waals surface area contributed by atoms with Crippen LogP contribution in [0, 0.1) is 0 Å². The molecule has 0 aliphatic rings. The molecular weight excluding hydrogens is 540 g/mol. The Kier molecular flexibility index (Phi) is 10.7. The van der Waals surface area contributed by atoms with Crippen LogP contribution in [0.4, 0.5) is 5.69 Å². The Labute approximate surface area is 237 Å². The van der Waals surface area contributed by atoms with E-state index in [0.29, 0.717) is 16.8 Å². The topological polar surface area (TPSA) is 128 Å². The first-order chi connectivity index (χ1) is 18.5. The number of benzene rings is 3. The van der Waals surface area contributed by atoms with E-state index in [0.717, 1.165) is 5.56 Å². The molecule has 3 amide bonds. The lowest BCUT2D eigenvalue weighted by Gasteiger charge is -2.24. The molecule has 1 unspecified atom stereocenters. The fraction of sp³-hybridized carbons (Fsp3) is 0.179. The molecule has 0 spiro atoms. The zero-order valence-electron chi connectivity index (χ0n) is 21.2. The Balaban J connectivity index is 1.86. The molecule has 8 nitrogen and oxygen atoms in total. The number of carbonyl (C=O) groups excluding carboxylic acids is 3. The molecule has 0 radical (unpaired) electrons. The van der Waals surface area contributed by atoms with Crippen LogP contribution in [0.5, 0.6) is 0 Å². The molecule has 0 bridgehead atoms. The van der Waals surface area contributed by atoms with Crippen molar-refractivity contribution in [2.75, 3.05) is 5.32 Å². The summed E-state index contributed by atoms with van der Waals surface area (Å²) in [5.41, 5.74) is 2.29. The lowest BCUT2D eigenvalue weighted by molar-refractivity contribution is -0.123. The average molecular weight is 568 g/mol. The number of amides is 3. The van der Waals surface area contributed by atoms with Crippen molar-refractivity contribution >= 4 is 53.7 Å². The quantitative estimate of drug-likeness (QED) is 0.179. The second-order valence-electron chi connectivity index (χ2n) is 9.01. The molecule has 3 aromatic rings. The first-order valence-corrected chi connectivity index (χ1v) is 12.8. The molecule has 0 aromatic heterocycles. The van der Waals surface area contributed by atoms with Gasteiger partial charge in [0.2, 0.25) is 5.91 Å². The number of halogens is 2. The Hall–Kier alpha value is -3.63. The van der Waals surface area contributed by atoms with Crippen LogP contribution in [0.3, 0.4) is 0 Å². The Morgan fingerprint density at radius 3 is 2.26 bits per heavy atom. The van der Waals surface area contributed by atoms with Crippen LogP contribution in [0.1, 0.15) is 28.4 Å². The standard InChI is InChI=1S/C28H28BCl2N3O5/c1-17(2)26(35)32-21-10-6-9-19(13-21)14-24(33-27(36)22-16-20(30)11-12-23(22)31)28(37)34-25(29(38)39)15-18-7-4-3-5-8-18/h3-13,16,24-25,38-39H,1,14-15H2,2H3,(H,32,35)(H,33,36)(H,34,37)/t24?,25-/m0/s1. The molecule has 202 valence electrons. The van der Waals surface area contributed by atoms with Crippen molar-refractivity contribution in [3.8, 4) is 0 Å². The highest BCUT2D eigenvalue weighted by Crippen LogP contribution is 2.21. The number of rotatable bonds is 11. The maximum atomic E-state index is 13.4. The molecule has 39 heavy (non-hydrogen) atoms. The highest BCUT2D eigenvalue weighted by Gasteiger charge is 2.30. The molecule has 0 fully saturated rings. The Morgan fingerprint density at radius 2 is 1.59 bits per heavy atom. The average Bonchev–Trinajstić information content (AvgIpc) is 2.89. The van der Waals surface area contributed by atoms with Crippen LogP contribution in [0.15, 0.2) is 84.9 Å². The minimum atomic E-state index is -1.85. The maximum Gasteiger partial charge on any atom is 0.475 e. The molecule has 0 aliphatic heterocycles.